The Bertz CT molecular complexity index is 177. The Hall–Kier alpha value is -0.0800. The van der Waals surface area contributed by atoms with Crippen LogP contribution in [0.5, 0.6) is 0 Å². The van der Waals surface area contributed by atoms with Crippen molar-refractivity contribution >= 4 is 0 Å². The van der Waals surface area contributed by atoms with Crippen molar-refractivity contribution in [2.75, 3.05) is 13.2 Å². The molecule has 0 rings (SSSR count). The van der Waals surface area contributed by atoms with E-state index in [4.69, 9.17) is 5.11 Å². The van der Waals surface area contributed by atoms with Crippen LogP contribution < -0.4 is 5.32 Å². The fourth-order valence-electron chi connectivity index (χ4n) is 2.21. The lowest BCUT2D eigenvalue weighted by Gasteiger charge is -2.29. The smallest absolute Gasteiger partial charge is 0.0436 e. The van der Waals surface area contributed by atoms with Gasteiger partial charge in [-0.1, -0.05) is 41.5 Å². The highest BCUT2D eigenvalue weighted by Crippen LogP contribution is 2.20. The summed E-state index contributed by atoms with van der Waals surface area (Å²) in [6, 6.07) is 0.618. The molecule has 0 aliphatic heterocycles. The highest BCUT2D eigenvalue weighted by Gasteiger charge is 2.20. The average molecular weight is 243 g/mol. The van der Waals surface area contributed by atoms with Crippen molar-refractivity contribution in [3.8, 4) is 0 Å². The first kappa shape index (κ1) is 16.9. The van der Waals surface area contributed by atoms with Crippen LogP contribution in [-0.2, 0) is 0 Å². The molecule has 0 bridgehead atoms. The van der Waals surface area contributed by atoms with E-state index in [1.54, 1.807) is 0 Å². The third kappa shape index (κ3) is 9.61. The van der Waals surface area contributed by atoms with Crippen LogP contribution >= 0.6 is 0 Å². The van der Waals surface area contributed by atoms with Gasteiger partial charge in [-0.2, -0.15) is 0 Å². The molecular formula is C15H33NO. The molecular weight excluding hydrogens is 210 g/mol. The van der Waals surface area contributed by atoms with Gasteiger partial charge < -0.3 is 10.4 Å². The minimum Gasteiger partial charge on any atom is -0.396 e. The highest BCUT2D eigenvalue weighted by molar-refractivity contribution is 4.77. The topological polar surface area (TPSA) is 32.3 Å². The standard InChI is InChI=1S/C15H33NO/c1-12(2)9-14(10-13(3)4)16-11-15(5,6)7-8-17/h12-14,16-17H,7-11H2,1-6H3. The van der Waals surface area contributed by atoms with Gasteiger partial charge in [-0.3, -0.25) is 0 Å². The minimum absolute atomic E-state index is 0.195. The minimum atomic E-state index is 0.195. The molecule has 0 unspecified atom stereocenters. The summed E-state index contributed by atoms with van der Waals surface area (Å²) in [4.78, 5) is 0. The Balaban J connectivity index is 4.14. The summed E-state index contributed by atoms with van der Waals surface area (Å²) in [6.07, 6.45) is 3.36. The Labute approximate surface area is 108 Å². The Morgan fingerprint density at radius 3 is 1.82 bits per heavy atom. The molecule has 2 nitrogen and oxygen atoms in total. The van der Waals surface area contributed by atoms with Crippen molar-refractivity contribution < 1.29 is 5.11 Å². The molecule has 0 saturated heterocycles. The van der Waals surface area contributed by atoms with Gasteiger partial charge >= 0.3 is 0 Å². The predicted molar refractivity (Wildman–Crippen MR) is 76.2 cm³/mol. The Morgan fingerprint density at radius 1 is 1.00 bits per heavy atom. The second kappa shape index (κ2) is 8.10. The zero-order chi connectivity index (χ0) is 13.5. The summed E-state index contributed by atoms with van der Waals surface area (Å²) in [5.74, 6) is 1.49. The van der Waals surface area contributed by atoms with E-state index in [0.717, 1.165) is 24.8 Å². The molecule has 0 atom stereocenters. The normalized spacial score (nSPS) is 13.1. The lowest BCUT2D eigenvalue weighted by molar-refractivity contribution is 0.197. The summed E-state index contributed by atoms with van der Waals surface area (Å²) >= 11 is 0. The van der Waals surface area contributed by atoms with Crippen LogP contribution in [0, 0.1) is 17.3 Å². The molecule has 0 aliphatic carbocycles. The molecule has 0 amide bonds. The van der Waals surface area contributed by atoms with Gasteiger partial charge in [-0.15, -0.1) is 0 Å². The molecule has 0 spiro atoms. The quantitative estimate of drug-likeness (QED) is 0.650. The van der Waals surface area contributed by atoms with Crippen LogP contribution in [0.1, 0.15) is 60.8 Å². The first-order chi connectivity index (χ1) is 7.76. The molecule has 104 valence electrons. The van der Waals surface area contributed by atoms with E-state index in [9.17, 15) is 0 Å². The van der Waals surface area contributed by atoms with Crippen molar-refractivity contribution in [2.24, 2.45) is 17.3 Å². The predicted octanol–water partition coefficient (Wildman–Crippen LogP) is 3.45. The monoisotopic (exact) mass is 243 g/mol. The maximum absolute atomic E-state index is 9.03. The Kier molecular flexibility index (Phi) is 8.06. The van der Waals surface area contributed by atoms with E-state index < -0.39 is 0 Å². The van der Waals surface area contributed by atoms with Gasteiger partial charge in [0.1, 0.15) is 0 Å². The molecule has 0 radical (unpaired) electrons. The molecule has 0 aromatic heterocycles. The second-order valence-electron chi connectivity index (χ2n) is 6.97. The summed E-state index contributed by atoms with van der Waals surface area (Å²) in [7, 11) is 0. The molecule has 0 saturated carbocycles. The number of rotatable bonds is 9. The molecule has 2 heteroatoms. The van der Waals surface area contributed by atoms with Crippen molar-refractivity contribution in [3.63, 3.8) is 0 Å². The fraction of sp³-hybridized carbons (Fsp3) is 1.00. The van der Waals surface area contributed by atoms with E-state index >= 15 is 0 Å². The number of hydrogen-bond acceptors (Lipinski definition) is 2. The second-order valence-corrected chi connectivity index (χ2v) is 6.97. The van der Waals surface area contributed by atoms with Gasteiger partial charge in [0.05, 0.1) is 0 Å². The van der Waals surface area contributed by atoms with Crippen LogP contribution in [0.4, 0.5) is 0 Å². The zero-order valence-corrected chi connectivity index (χ0v) is 12.7. The molecule has 0 heterocycles. The van der Waals surface area contributed by atoms with Crippen molar-refractivity contribution in [1.29, 1.82) is 0 Å². The average Bonchev–Trinajstić information content (AvgIpc) is 2.12. The molecule has 2 N–H and O–H groups in total. The lowest BCUT2D eigenvalue weighted by atomic mass is 9.88. The molecule has 0 aromatic rings. The van der Waals surface area contributed by atoms with Gasteiger partial charge in [-0.25, -0.2) is 0 Å². The van der Waals surface area contributed by atoms with Crippen LogP contribution in [0.3, 0.4) is 0 Å². The van der Waals surface area contributed by atoms with E-state index in [1.807, 2.05) is 0 Å². The van der Waals surface area contributed by atoms with E-state index in [-0.39, 0.29) is 12.0 Å². The summed E-state index contributed by atoms with van der Waals surface area (Å²) < 4.78 is 0. The van der Waals surface area contributed by atoms with Crippen molar-refractivity contribution in [1.82, 2.24) is 5.32 Å². The molecule has 0 aliphatic rings. The maximum Gasteiger partial charge on any atom is 0.0436 e. The van der Waals surface area contributed by atoms with Crippen LogP contribution in [-0.4, -0.2) is 24.3 Å². The van der Waals surface area contributed by atoms with Crippen molar-refractivity contribution in [2.45, 2.75) is 66.8 Å². The fourth-order valence-corrected chi connectivity index (χ4v) is 2.21. The highest BCUT2D eigenvalue weighted by atomic mass is 16.3. The van der Waals surface area contributed by atoms with E-state index in [1.165, 1.54) is 12.8 Å². The van der Waals surface area contributed by atoms with E-state index in [2.05, 4.69) is 46.9 Å². The van der Waals surface area contributed by atoms with E-state index in [0.29, 0.717) is 6.04 Å². The molecule has 17 heavy (non-hydrogen) atoms. The van der Waals surface area contributed by atoms with Gasteiger partial charge in [0.2, 0.25) is 0 Å². The zero-order valence-electron chi connectivity index (χ0n) is 12.7. The maximum atomic E-state index is 9.03. The molecule has 0 fully saturated rings. The van der Waals surface area contributed by atoms with Gasteiger partial charge in [0.15, 0.2) is 0 Å². The van der Waals surface area contributed by atoms with Crippen LogP contribution in [0.25, 0.3) is 0 Å². The number of aliphatic hydroxyl groups is 1. The van der Waals surface area contributed by atoms with Gasteiger partial charge in [0.25, 0.3) is 0 Å². The third-order valence-electron chi connectivity index (χ3n) is 3.17. The van der Waals surface area contributed by atoms with Gasteiger partial charge in [-0.05, 0) is 36.5 Å². The SMILES string of the molecule is CC(C)CC(CC(C)C)NCC(C)(C)CCO. The molecule has 0 aromatic carbocycles. The summed E-state index contributed by atoms with van der Waals surface area (Å²) in [5.41, 5.74) is 0.195. The Morgan fingerprint density at radius 2 is 1.47 bits per heavy atom. The first-order valence-electron chi connectivity index (χ1n) is 7.11. The number of hydrogen-bond donors (Lipinski definition) is 2. The summed E-state index contributed by atoms with van der Waals surface area (Å²) in [6.45, 7) is 14.9. The largest absolute Gasteiger partial charge is 0.396 e. The van der Waals surface area contributed by atoms with Gasteiger partial charge in [0, 0.05) is 19.2 Å². The van der Waals surface area contributed by atoms with Crippen molar-refractivity contribution in [3.05, 3.63) is 0 Å². The lowest BCUT2D eigenvalue weighted by Crippen LogP contribution is -2.39. The first-order valence-corrected chi connectivity index (χ1v) is 7.11. The van der Waals surface area contributed by atoms with Crippen LogP contribution in [0.15, 0.2) is 0 Å². The number of nitrogens with one attached hydrogen (secondary N) is 1. The van der Waals surface area contributed by atoms with Crippen LogP contribution in [0.2, 0.25) is 0 Å². The summed E-state index contributed by atoms with van der Waals surface area (Å²) in [5, 5.41) is 12.7. The number of aliphatic hydroxyl groups excluding tert-OH is 1. The third-order valence-corrected chi connectivity index (χ3v) is 3.17.